The first-order valence-electron chi connectivity index (χ1n) is 6.13. The second kappa shape index (κ2) is 5.20. The highest BCUT2D eigenvalue weighted by atomic mass is 35.5. The van der Waals surface area contributed by atoms with Gasteiger partial charge < -0.3 is 5.32 Å². The zero-order valence-electron chi connectivity index (χ0n) is 10.1. The van der Waals surface area contributed by atoms with Crippen LogP contribution in [-0.2, 0) is 6.54 Å². The third-order valence-corrected chi connectivity index (χ3v) is 3.59. The lowest BCUT2D eigenvalue weighted by atomic mass is 10.1. The Balaban J connectivity index is 1.83. The van der Waals surface area contributed by atoms with Crippen molar-refractivity contribution in [2.24, 2.45) is 5.92 Å². The summed E-state index contributed by atoms with van der Waals surface area (Å²) in [6, 6.07) is 6.87. The second-order valence-corrected chi connectivity index (χ2v) is 5.46. The Morgan fingerprint density at radius 1 is 1.44 bits per heavy atom. The molecule has 2 rings (SSSR count). The molecule has 1 fully saturated rings. The van der Waals surface area contributed by atoms with Gasteiger partial charge in [0.2, 0.25) is 0 Å². The number of aryl methyl sites for hydroxylation is 1. The molecule has 1 aliphatic rings. The summed E-state index contributed by atoms with van der Waals surface area (Å²) in [6.45, 7) is 5.21. The zero-order valence-corrected chi connectivity index (χ0v) is 10.8. The van der Waals surface area contributed by atoms with Crippen molar-refractivity contribution in [3.8, 4) is 0 Å². The third kappa shape index (κ3) is 3.50. The maximum atomic E-state index is 6.19. The Bertz CT molecular complexity index is 358. The van der Waals surface area contributed by atoms with Gasteiger partial charge >= 0.3 is 0 Å². The molecule has 16 heavy (non-hydrogen) atoms. The van der Waals surface area contributed by atoms with Gasteiger partial charge in [-0.15, -0.1) is 0 Å². The topological polar surface area (TPSA) is 12.0 Å². The van der Waals surface area contributed by atoms with Crippen molar-refractivity contribution >= 4 is 11.6 Å². The van der Waals surface area contributed by atoms with E-state index in [-0.39, 0.29) is 0 Å². The van der Waals surface area contributed by atoms with Crippen molar-refractivity contribution in [3.63, 3.8) is 0 Å². The van der Waals surface area contributed by atoms with E-state index in [2.05, 4.69) is 31.3 Å². The minimum atomic E-state index is 0.602. The zero-order chi connectivity index (χ0) is 11.5. The van der Waals surface area contributed by atoms with Gasteiger partial charge in [0.1, 0.15) is 0 Å². The molecular weight excluding hydrogens is 218 g/mol. The van der Waals surface area contributed by atoms with E-state index in [1.807, 2.05) is 6.07 Å². The molecule has 0 spiro atoms. The molecule has 0 amide bonds. The number of benzene rings is 1. The molecular formula is C14H20ClN. The van der Waals surface area contributed by atoms with Crippen LogP contribution in [0.1, 0.15) is 37.3 Å². The fourth-order valence-corrected chi connectivity index (χ4v) is 2.32. The van der Waals surface area contributed by atoms with Crippen LogP contribution in [0.25, 0.3) is 0 Å². The van der Waals surface area contributed by atoms with Crippen molar-refractivity contribution in [1.82, 2.24) is 5.32 Å². The van der Waals surface area contributed by atoms with Crippen LogP contribution in [0.15, 0.2) is 18.2 Å². The molecule has 1 N–H and O–H groups in total. The Morgan fingerprint density at radius 3 is 2.81 bits per heavy atom. The van der Waals surface area contributed by atoms with Crippen LogP contribution in [0.2, 0.25) is 5.02 Å². The molecule has 1 aromatic carbocycles. The molecule has 1 nitrogen and oxygen atoms in total. The molecule has 0 saturated heterocycles. The van der Waals surface area contributed by atoms with Gasteiger partial charge in [0.25, 0.3) is 0 Å². The molecule has 0 aromatic heterocycles. The molecule has 1 aromatic rings. The van der Waals surface area contributed by atoms with E-state index < -0.39 is 0 Å². The number of nitrogens with one attached hydrogen (secondary N) is 1. The van der Waals surface area contributed by atoms with Crippen LogP contribution in [0.5, 0.6) is 0 Å². The van der Waals surface area contributed by atoms with Crippen molar-refractivity contribution in [3.05, 3.63) is 34.3 Å². The van der Waals surface area contributed by atoms with Gasteiger partial charge in [-0.1, -0.05) is 36.6 Å². The smallest absolute Gasteiger partial charge is 0.0453 e. The summed E-state index contributed by atoms with van der Waals surface area (Å²) in [5, 5.41) is 4.43. The quantitative estimate of drug-likeness (QED) is 0.819. The van der Waals surface area contributed by atoms with E-state index in [0.717, 1.165) is 17.5 Å². The SMILES string of the molecule is Cc1ccc(CNC(C)CC2CC2)c(Cl)c1. The predicted molar refractivity (Wildman–Crippen MR) is 69.8 cm³/mol. The lowest BCUT2D eigenvalue weighted by Crippen LogP contribution is -2.26. The van der Waals surface area contributed by atoms with Crippen LogP contribution in [0.3, 0.4) is 0 Å². The van der Waals surface area contributed by atoms with E-state index in [9.17, 15) is 0 Å². The highest BCUT2D eigenvalue weighted by molar-refractivity contribution is 6.31. The Morgan fingerprint density at radius 2 is 2.19 bits per heavy atom. The van der Waals surface area contributed by atoms with Crippen LogP contribution >= 0.6 is 11.6 Å². The molecule has 0 aliphatic heterocycles. The first-order valence-corrected chi connectivity index (χ1v) is 6.51. The normalized spacial score (nSPS) is 17.4. The van der Waals surface area contributed by atoms with Crippen LogP contribution in [0.4, 0.5) is 0 Å². The van der Waals surface area contributed by atoms with E-state index in [4.69, 9.17) is 11.6 Å². The molecule has 1 atom stereocenters. The van der Waals surface area contributed by atoms with Crippen molar-refractivity contribution < 1.29 is 0 Å². The van der Waals surface area contributed by atoms with Gasteiger partial charge in [0.15, 0.2) is 0 Å². The fraction of sp³-hybridized carbons (Fsp3) is 0.571. The van der Waals surface area contributed by atoms with E-state index in [1.165, 1.54) is 30.4 Å². The van der Waals surface area contributed by atoms with Crippen LogP contribution < -0.4 is 5.32 Å². The third-order valence-electron chi connectivity index (χ3n) is 3.23. The summed E-state index contributed by atoms with van der Waals surface area (Å²) in [7, 11) is 0. The summed E-state index contributed by atoms with van der Waals surface area (Å²) < 4.78 is 0. The van der Waals surface area contributed by atoms with Crippen LogP contribution in [0, 0.1) is 12.8 Å². The van der Waals surface area contributed by atoms with Crippen molar-refractivity contribution in [2.75, 3.05) is 0 Å². The monoisotopic (exact) mass is 237 g/mol. The first-order chi connectivity index (χ1) is 7.65. The lowest BCUT2D eigenvalue weighted by Gasteiger charge is -2.14. The Kier molecular flexibility index (Phi) is 3.88. The predicted octanol–water partition coefficient (Wildman–Crippen LogP) is 3.93. The minimum Gasteiger partial charge on any atom is -0.310 e. The first kappa shape index (κ1) is 11.9. The van der Waals surface area contributed by atoms with E-state index in [0.29, 0.717) is 6.04 Å². The summed E-state index contributed by atoms with van der Waals surface area (Å²) >= 11 is 6.19. The highest BCUT2D eigenvalue weighted by Gasteiger charge is 2.23. The van der Waals surface area contributed by atoms with E-state index >= 15 is 0 Å². The van der Waals surface area contributed by atoms with Gasteiger partial charge in [-0.25, -0.2) is 0 Å². The molecule has 0 heterocycles. The highest BCUT2D eigenvalue weighted by Crippen LogP contribution is 2.33. The summed E-state index contributed by atoms with van der Waals surface area (Å²) in [5.41, 5.74) is 2.43. The maximum Gasteiger partial charge on any atom is 0.0453 e. The number of hydrogen-bond acceptors (Lipinski definition) is 1. The molecule has 1 saturated carbocycles. The molecule has 0 bridgehead atoms. The Hall–Kier alpha value is -0.530. The van der Waals surface area contributed by atoms with Crippen LogP contribution in [-0.4, -0.2) is 6.04 Å². The van der Waals surface area contributed by atoms with Gasteiger partial charge in [0, 0.05) is 17.6 Å². The van der Waals surface area contributed by atoms with E-state index in [1.54, 1.807) is 0 Å². The van der Waals surface area contributed by atoms with Gasteiger partial charge in [0.05, 0.1) is 0 Å². The summed E-state index contributed by atoms with van der Waals surface area (Å²) in [6.07, 6.45) is 4.16. The molecule has 0 radical (unpaired) electrons. The largest absolute Gasteiger partial charge is 0.310 e. The van der Waals surface area contributed by atoms with Crippen molar-refractivity contribution in [1.29, 1.82) is 0 Å². The average molecular weight is 238 g/mol. The number of rotatable bonds is 5. The average Bonchev–Trinajstić information content (AvgIpc) is 3.00. The van der Waals surface area contributed by atoms with Gasteiger partial charge in [-0.2, -0.15) is 0 Å². The lowest BCUT2D eigenvalue weighted by molar-refractivity contribution is 0.487. The molecule has 88 valence electrons. The fourth-order valence-electron chi connectivity index (χ4n) is 2.02. The number of halogens is 1. The van der Waals surface area contributed by atoms with Gasteiger partial charge in [-0.05, 0) is 43.4 Å². The van der Waals surface area contributed by atoms with Crippen molar-refractivity contribution in [2.45, 2.75) is 45.7 Å². The standard InChI is InChI=1S/C14H20ClN/c1-10-3-6-13(14(15)7-10)9-16-11(2)8-12-4-5-12/h3,6-7,11-12,16H,4-5,8-9H2,1-2H3. The molecule has 1 unspecified atom stereocenters. The molecule has 2 heteroatoms. The van der Waals surface area contributed by atoms with Gasteiger partial charge in [-0.3, -0.25) is 0 Å². The minimum absolute atomic E-state index is 0.602. The molecule has 1 aliphatic carbocycles. The number of hydrogen-bond donors (Lipinski definition) is 1. The second-order valence-electron chi connectivity index (χ2n) is 5.06. The Labute approximate surface area is 103 Å². The summed E-state index contributed by atoms with van der Waals surface area (Å²) in [5.74, 6) is 0.982. The summed E-state index contributed by atoms with van der Waals surface area (Å²) in [4.78, 5) is 0. The maximum absolute atomic E-state index is 6.19.